The predicted octanol–water partition coefficient (Wildman–Crippen LogP) is 4.21. The Hall–Kier alpha value is -3.12. The summed E-state index contributed by atoms with van der Waals surface area (Å²) in [5.74, 6) is 0.460. The number of aryl methyl sites for hydroxylation is 1. The second-order valence-corrected chi connectivity index (χ2v) is 7.93. The lowest BCUT2D eigenvalue weighted by molar-refractivity contribution is 0.0716. The lowest BCUT2D eigenvalue weighted by Crippen LogP contribution is -2.31. The Morgan fingerprint density at radius 2 is 1.97 bits per heavy atom. The van der Waals surface area contributed by atoms with Gasteiger partial charge in [-0.2, -0.15) is 0 Å². The lowest BCUT2D eigenvalue weighted by atomic mass is 9.98. The average Bonchev–Trinajstić information content (AvgIpc) is 3.05. The molecule has 1 aliphatic rings. The fourth-order valence-electron chi connectivity index (χ4n) is 4.06. The van der Waals surface area contributed by atoms with E-state index in [2.05, 4.69) is 6.92 Å². The molecule has 1 aliphatic heterocycles. The second kappa shape index (κ2) is 8.94. The van der Waals surface area contributed by atoms with Crippen molar-refractivity contribution in [3.05, 3.63) is 75.1 Å². The van der Waals surface area contributed by atoms with Gasteiger partial charge in [-0.15, -0.1) is 0 Å². The van der Waals surface area contributed by atoms with Gasteiger partial charge < -0.3 is 19.2 Å². The van der Waals surface area contributed by atoms with E-state index in [1.165, 1.54) is 0 Å². The fraction of sp³-hybridized carbons (Fsp3) is 0.360. The molecule has 4 rings (SSSR count). The minimum absolute atomic E-state index is 0.0461. The Bertz CT molecular complexity index is 1170. The summed E-state index contributed by atoms with van der Waals surface area (Å²) < 4.78 is 11.8. The normalized spacial score (nSPS) is 15.5. The van der Waals surface area contributed by atoms with E-state index in [-0.39, 0.29) is 23.7 Å². The Labute approximate surface area is 181 Å². The number of rotatable bonds is 8. The number of hydrogen-bond donors (Lipinski definition) is 1. The number of fused-ring (bicyclic) bond motifs is 2. The van der Waals surface area contributed by atoms with Crippen LogP contribution < -0.4 is 10.2 Å². The molecular formula is C25H27NO5. The zero-order valence-electron chi connectivity index (χ0n) is 17.9. The molecule has 0 aliphatic carbocycles. The number of benzene rings is 2. The number of carbonyl (C=O) groups excluding carboxylic acids is 1. The lowest BCUT2D eigenvalue weighted by Gasteiger charge is -2.25. The quantitative estimate of drug-likeness (QED) is 0.551. The molecule has 1 atom stereocenters. The molecule has 6 nitrogen and oxygen atoms in total. The first-order valence-electron chi connectivity index (χ1n) is 10.8. The van der Waals surface area contributed by atoms with Crippen molar-refractivity contribution < 1.29 is 19.1 Å². The van der Waals surface area contributed by atoms with Gasteiger partial charge in [0.25, 0.3) is 5.91 Å². The second-order valence-electron chi connectivity index (χ2n) is 7.93. The monoisotopic (exact) mass is 421 g/mol. The van der Waals surface area contributed by atoms with Crippen molar-refractivity contribution in [2.45, 2.75) is 39.2 Å². The summed E-state index contributed by atoms with van der Waals surface area (Å²) in [6, 6.07) is 12.3. The van der Waals surface area contributed by atoms with Gasteiger partial charge >= 0.3 is 0 Å². The molecule has 0 unspecified atom stereocenters. The summed E-state index contributed by atoms with van der Waals surface area (Å²) in [7, 11) is 0. The Morgan fingerprint density at radius 3 is 2.74 bits per heavy atom. The van der Waals surface area contributed by atoms with Crippen molar-refractivity contribution in [3.8, 4) is 5.75 Å². The molecule has 3 aromatic rings. The summed E-state index contributed by atoms with van der Waals surface area (Å²) in [6.07, 6.45) is 2.40. The molecule has 2 aromatic carbocycles. The summed E-state index contributed by atoms with van der Waals surface area (Å²) >= 11 is 0. The molecular weight excluding hydrogens is 394 g/mol. The van der Waals surface area contributed by atoms with Gasteiger partial charge in [0.2, 0.25) is 5.76 Å². The van der Waals surface area contributed by atoms with Gasteiger partial charge in [0, 0.05) is 13.2 Å². The number of carbonyl (C=O) groups is 1. The van der Waals surface area contributed by atoms with Crippen LogP contribution >= 0.6 is 0 Å². The number of unbranched alkanes of at least 4 members (excludes halogenated alkanes) is 1. The molecule has 0 spiro atoms. The van der Waals surface area contributed by atoms with E-state index < -0.39 is 6.04 Å². The Kier molecular flexibility index (Phi) is 6.09. The molecule has 6 heteroatoms. The van der Waals surface area contributed by atoms with E-state index in [4.69, 9.17) is 9.15 Å². The molecule has 162 valence electrons. The van der Waals surface area contributed by atoms with E-state index in [1.807, 2.05) is 37.3 Å². The predicted molar refractivity (Wildman–Crippen MR) is 119 cm³/mol. The van der Waals surface area contributed by atoms with E-state index in [0.717, 1.165) is 24.0 Å². The maximum atomic E-state index is 13.5. The molecule has 0 saturated heterocycles. The van der Waals surface area contributed by atoms with Crippen molar-refractivity contribution in [1.29, 1.82) is 0 Å². The number of ether oxygens (including phenoxy) is 1. The van der Waals surface area contributed by atoms with Gasteiger partial charge in [-0.25, -0.2) is 0 Å². The standard InChI is InChI=1S/C25H27NO5/c1-3-4-13-30-18-8-5-7-17(15-18)22-21-23(28)19-14-16(2)9-10-20(19)31-24(21)25(29)26(22)11-6-12-27/h5,7-10,14-15,22,27H,3-4,6,11-13H2,1-2H3/t22-/m1/s1. The summed E-state index contributed by atoms with van der Waals surface area (Å²) in [5, 5.41) is 9.82. The van der Waals surface area contributed by atoms with Gasteiger partial charge in [-0.3, -0.25) is 9.59 Å². The maximum Gasteiger partial charge on any atom is 0.290 e. The van der Waals surface area contributed by atoms with Gasteiger partial charge in [-0.05, 0) is 49.6 Å². The molecule has 0 fully saturated rings. The first-order valence-corrected chi connectivity index (χ1v) is 10.8. The Morgan fingerprint density at radius 1 is 1.13 bits per heavy atom. The molecule has 31 heavy (non-hydrogen) atoms. The molecule has 0 bridgehead atoms. The van der Waals surface area contributed by atoms with Crippen LogP contribution in [0, 0.1) is 6.92 Å². The van der Waals surface area contributed by atoms with Crippen LogP contribution in [-0.2, 0) is 0 Å². The van der Waals surface area contributed by atoms with Gasteiger partial charge in [0.15, 0.2) is 5.43 Å². The van der Waals surface area contributed by atoms with Crippen LogP contribution in [0.2, 0.25) is 0 Å². The zero-order valence-corrected chi connectivity index (χ0v) is 17.9. The third-order valence-corrected chi connectivity index (χ3v) is 5.62. The number of hydrogen-bond acceptors (Lipinski definition) is 5. The molecule has 0 saturated carbocycles. The van der Waals surface area contributed by atoms with Gasteiger partial charge in [-0.1, -0.05) is 37.1 Å². The molecule has 1 amide bonds. The first kappa shape index (κ1) is 21.1. The Balaban J connectivity index is 1.85. The average molecular weight is 421 g/mol. The number of aliphatic hydroxyl groups is 1. The van der Waals surface area contributed by atoms with E-state index >= 15 is 0 Å². The topological polar surface area (TPSA) is 80.0 Å². The van der Waals surface area contributed by atoms with Crippen molar-refractivity contribution in [2.24, 2.45) is 0 Å². The highest BCUT2D eigenvalue weighted by atomic mass is 16.5. The first-order chi connectivity index (χ1) is 15.0. The van der Waals surface area contributed by atoms with Crippen LogP contribution in [0.3, 0.4) is 0 Å². The van der Waals surface area contributed by atoms with Gasteiger partial charge in [0.1, 0.15) is 11.3 Å². The molecule has 1 aromatic heterocycles. The molecule has 1 N–H and O–H groups in total. The smallest absolute Gasteiger partial charge is 0.290 e. The molecule has 0 radical (unpaired) electrons. The molecule has 2 heterocycles. The van der Waals surface area contributed by atoms with Crippen molar-refractivity contribution in [2.75, 3.05) is 19.8 Å². The fourth-order valence-corrected chi connectivity index (χ4v) is 4.06. The van der Waals surface area contributed by atoms with Crippen LogP contribution in [-0.4, -0.2) is 35.7 Å². The third-order valence-electron chi connectivity index (χ3n) is 5.62. The highest BCUT2D eigenvalue weighted by Crippen LogP contribution is 2.39. The van der Waals surface area contributed by atoms with Crippen LogP contribution in [0.5, 0.6) is 5.75 Å². The SMILES string of the molecule is CCCCOc1cccc([C@@H]2c3c(oc4ccc(C)cc4c3=O)C(=O)N2CCCO)c1. The van der Waals surface area contributed by atoms with Crippen molar-refractivity contribution in [3.63, 3.8) is 0 Å². The van der Waals surface area contributed by atoms with Crippen molar-refractivity contribution in [1.82, 2.24) is 4.90 Å². The minimum atomic E-state index is -0.579. The van der Waals surface area contributed by atoms with Crippen molar-refractivity contribution >= 4 is 16.9 Å². The van der Waals surface area contributed by atoms with E-state index in [1.54, 1.807) is 17.0 Å². The highest BCUT2D eigenvalue weighted by molar-refractivity contribution is 5.99. The highest BCUT2D eigenvalue weighted by Gasteiger charge is 2.42. The minimum Gasteiger partial charge on any atom is -0.494 e. The summed E-state index contributed by atoms with van der Waals surface area (Å²) in [5.41, 5.74) is 2.30. The van der Waals surface area contributed by atoms with Crippen LogP contribution in [0.25, 0.3) is 11.0 Å². The zero-order chi connectivity index (χ0) is 22.0. The van der Waals surface area contributed by atoms with Crippen LogP contribution in [0.1, 0.15) is 59.5 Å². The third kappa shape index (κ3) is 3.95. The largest absolute Gasteiger partial charge is 0.494 e. The van der Waals surface area contributed by atoms with Gasteiger partial charge in [0.05, 0.1) is 23.6 Å². The van der Waals surface area contributed by atoms with Crippen LogP contribution in [0.4, 0.5) is 0 Å². The summed E-state index contributed by atoms with van der Waals surface area (Å²) in [6.45, 7) is 4.90. The maximum absolute atomic E-state index is 13.5. The number of amides is 1. The van der Waals surface area contributed by atoms with Crippen LogP contribution in [0.15, 0.2) is 51.7 Å². The number of aliphatic hydroxyl groups excluding tert-OH is 1. The summed E-state index contributed by atoms with van der Waals surface area (Å²) in [4.78, 5) is 28.3. The van der Waals surface area contributed by atoms with E-state index in [9.17, 15) is 14.7 Å². The van der Waals surface area contributed by atoms with E-state index in [0.29, 0.717) is 41.9 Å². The number of nitrogens with zero attached hydrogens (tertiary/aromatic N) is 1.